The number of carboxylic acids is 1. The number of carbonyl (C=O) groups is 2. The van der Waals surface area contributed by atoms with Gasteiger partial charge in [0.2, 0.25) is 5.91 Å². The van der Waals surface area contributed by atoms with Gasteiger partial charge in [0.05, 0.1) is 5.41 Å². The van der Waals surface area contributed by atoms with E-state index in [0.29, 0.717) is 6.04 Å². The van der Waals surface area contributed by atoms with Crippen molar-refractivity contribution < 1.29 is 14.7 Å². The van der Waals surface area contributed by atoms with E-state index in [4.69, 9.17) is 5.11 Å². The molecule has 0 radical (unpaired) electrons. The fraction of sp³-hybridized carbons (Fsp3) is 0.867. The van der Waals surface area contributed by atoms with Crippen molar-refractivity contribution in [3.05, 3.63) is 0 Å². The first-order valence-electron chi connectivity index (χ1n) is 7.65. The van der Waals surface area contributed by atoms with Crippen LogP contribution in [0, 0.1) is 5.41 Å². The van der Waals surface area contributed by atoms with Crippen LogP contribution in [0.3, 0.4) is 0 Å². The van der Waals surface area contributed by atoms with Gasteiger partial charge >= 0.3 is 5.97 Å². The van der Waals surface area contributed by atoms with Gasteiger partial charge in [0, 0.05) is 25.6 Å². The van der Waals surface area contributed by atoms with Crippen molar-refractivity contribution in [3.8, 4) is 0 Å². The summed E-state index contributed by atoms with van der Waals surface area (Å²) in [6.07, 6.45) is 4.74. The highest BCUT2D eigenvalue weighted by Gasteiger charge is 2.34. The Kier molecular flexibility index (Phi) is 4.68. The van der Waals surface area contributed by atoms with E-state index in [0.717, 1.165) is 25.9 Å². The van der Waals surface area contributed by atoms with Crippen molar-refractivity contribution in [3.63, 3.8) is 0 Å². The first-order valence-corrected chi connectivity index (χ1v) is 7.65. The number of nitrogens with zero attached hydrogens (tertiary/aromatic N) is 2. The molecule has 0 aromatic heterocycles. The molecule has 1 amide bonds. The third-order valence-corrected chi connectivity index (χ3v) is 4.65. The maximum Gasteiger partial charge on any atom is 0.309 e. The minimum atomic E-state index is -0.969. The van der Waals surface area contributed by atoms with Crippen molar-refractivity contribution in [2.24, 2.45) is 5.41 Å². The van der Waals surface area contributed by atoms with E-state index in [-0.39, 0.29) is 12.3 Å². The molecule has 20 heavy (non-hydrogen) atoms. The quantitative estimate of drug-likeness (QED) is 0.850. The molecule has 5 heteroatoms. The Hall–Kier alpha value is -1.10. The van der Waals surface area contributed by atoms with Gasteiger partial charge in [0.1, 0.15) is 0 Å². The number of amides is 1. The predicted molar refractivity (Wildman–Crippen MR) is 76.4 cm³/mol. The van der Waals surface area contributed by atoms with E-state index in [1.54, 1.807) is 13.8 Å². The van der Waals surface area contributed by atoms with Gasteiger partial charge in [0.25, 0.3) is 0 Å². The number of carbonyl (C=O) groups excluding carboxylic acids is 1. The summed E-state index contributed by atoms with van der Waals surface area (Å²) in [5, 5.41) is 9.10. The van der Waals surface area contributed by atoms with Gasteiger partial charge in [-0.2, -0.15) is 0 Å². The van der Waals surface area contributed by atoms with Crippen LogP contribution >= 0.6 is 0 Å². The zero-order valence-electron chi connectivity index (χ0n) is 12.6. The number of carboxylic acid groups (broad SMARTS) is 1. The maximum absolute atomic E-state index is 12.2. The first kappa shape index (κ1) is 15.3. The van der Waals surface area contributed by atoms with Crippen LogP contribution in [-0.4, -0.2) is 59.0 Å². The summed E-state index contributed by atoms with van der Waals surface area (Å²) >= 11 is 0. The van der Waals surface area contributed by atoms with Gasteiger partial charge in [-0.3, -0.25) is 9.59 Å². The Morgan fingerprint density at radius 2 is 1.65 bits per heavy atom. The fourth-order valence-corrected chi connectivity index (χ4v) is 3.15. The van der Waals surface area contributed by atoms with E-state index < -0.39 is 11.4 Å². The number of aliphatic carboxylic acids is 1. The minimum absolute atomic E-state index is 0.0164. The second-order valence-electron chi connectivity index (χ2n) is 6.72. The summed E-state index contributed by atoms with van der Waals surface area (Å²) in [7, 11) is 0. The van der Waals surface area contributed by atoms with Crippen molar-refractivity contribution in [2.75, 3.05) is 26.2 Å². The van der Waals surface area contributed by atoms with Gasteiger partial charge in [-0.05, 0) is 52.6 Å². The van der Waals surface area contributed by atoms with Gasteiger partial charge in [-0.25, -0.2) is 0 Å². The van der Waals surface area contributed by atoms with Crippen LogP contribution in [-0.2, 0) is 9.59 Å². The standard InChI is InChI=1S/C15H26N2O3/c1-15(2,14(19)20)11-13(18)17-9-5-12(6-10-17)16-7-3-4-8-16/h12H,3-11H2,1-2H3,(H,19,20). The summed E-state index contributed by atoms with van der Waals surface area (Å²) in [5.41, 5.74) is -0.969. The molecule has 0 saturated carbocycles. The zero-order chi connectivity index (χ0) is 14.8. The molecule has 0 unspecified atom stereocenters. The van der Waals surface area contributed by atoms with Gasteiger partial charge in [-0.1, -0.05) is 0 Å². The third-order valence-electron chi connectivity index (χ3n) is 4.65. The van der Waals surface area contributed by atoms with Crippen molar-refractivity contribution >= 4 is 11.9 Å². The van der Waals surface area contributed by atoms with Crippen LogP contribution in [0.2, 0.25) is 0 Å². The van der Waals surface area contributed by atoms with Gasteiger partial charge in [-0.15, -0.1) is 0 Å². The maximum atomic E-state index is 12.2. The highest BCUT2D eigenvalue weighted by molar-refractivity contribution is 5.84. The molecule has 0 spiro atoms. The molecule has 0 atom stereocenters. The molecule has 5 nitrogen and oxygen atoms in total. The highest BCUT2D eigenvalue weighted by Crippen LogP contribution is 2.25. The summed E-state index contributed by atoms with van der Waals surface area (Å²) in [6, 6.07) is 0.619. The van der Waals surface area contributed by atoms with Crippen molar-refractivity contribution in [2.45, 2.75) is 52.0 Å². The van der Waals surface area contributed by atoms with E-state index >= 15 is 0 Å². The molecular weight excluding hydrogens is 256 g/mol. The van der Waals surface area contributed by atoms with Crippen LogP contribution in [0.1, 0.15) is 46.0 Å². The summed E-state index contributed by atoms with van der Waals surface area (Å²) in [4.78, 5) is 27.7. The molecule has 2 aliphatic heterocycles. The van der Waals surface area contributed by atoms with E-state index in [1.807, 2.05) is 4.90 Å². The van der Waals surface area contributed by atoms with Crippen LogP contribution in [0.15, 0.2) is 0 Å². The van der Waals surface area contributed by atoms with E-state index in [9.17, 15) is 9.59 Å². The number of likely N-dealkylation sites (tertiary alicyclic amines) is 2. The lowest BCUT2D eigenvalue weighted by atomic mass is 9.88. The minimum Gasteiger partial charge on any atom is -0.481 e. The average Bonchev–Trinajstić information content (AvgIpc) is 2.92. The molecule has 2 rings (SSSR count). The molecule has 0 aliphatic carbocycles. The second kappa shape index (κ2) is 6.12. The average molecular weight is 282 g/mol. The normalized spacial score (nSPS) is 22.2. The predicted octanol–water partition coefficient (Wildman–Crippen LogP) is 1.57. The Morgan fingerprint density at radius 1 is 1.10 bits per heavy atom. The molecule has 2 aliphatic rings. The van der Waals surface area contributed by atoms with Crippen LogP contribution in [0.25, 0.3) is 0 Å². The third kappa shape index (κ3) is 3.51. The van der Waals surface area contributed by atoms with Crippen molar-refractivity contribution in [1.82, 2.24) is 9.80 Å². The Labute approximate surface area is 120 Å². The molecule has 2 heterocycles. The van der Waals surface area contributed by atoms with Gasteiger partial charge in [0.15, 0.2) is 0 Å². The Bertz CT molecular complexity index is 367. The lowest BCUT2D eigenvalue weighted by Crippen LogP contribution is -2.47. The van der Waals surface area contributed by atoms with Crippen LogP contribution < -0.4 is 0 Å². The monoisotopic (exact) mass is 282 g/mol. The topological polar surface area (TPSA) is 60.9 Å². The largest absolute Gasteiger partial charge is 0.481 e. The number of hydrogen-bond acceptors (Lipinski definition) is 3. The molecule has 0 aromatic rings. The SMILES string of the molecule is CC(C)(CC(=O)N1CCC(N2CCCC2)CC1)C(=O)O. The fourth-order valence-electron chi connectivity index (χ4n) is 3.15. The first-order chi connectivity index (χ1) is 9.40. The molecule has 2 fully saturated rings. The van der Waals surface area contributed by atoms with Gasteiger partial charge < -0.3 is 14.9 Å². The lowest BCUT2D eigenvalue weighted by molar-refractivity contribution is -0.151. The van der Waals surface area contributed by atoms with E-state index in [2.05, 4.69) is 4.90 Å². The van der Waals surface area contributed by atoms with Crippen molar-refractivity contribution in [1.29, 1.82) is 0 Å². The molecule has 114 valence electrons. The number of hydrogen-bond donors (Lipinski definition) is 1. The zero-order valence-corrected chi connectivity index (χ0v) is 12.6. The highest BCUT2D eigenvalue weighted by atomic mass is 16.4. The van der Waals surface area contributed by atoms with E-state index in [1.165, 1.54) is 25.9 Å². The Balaban J connectivity index is 1.81. The molecular formula is C15H26N2O3. The lowest BCUT2D eigenvalue weighted by Gasteiger charge is -2.37. The number of rotatable bonds is 4. The molecule has 0 bridgehead atoms. The van der Waals surface area contributed by atoms with Crippen LogP contribution in [0.4, 0.5) is 0 Å². The number of piperidine rings is 1. The molecule has 1 N–H and O–H groups in total. The summed E-state index contributed by atoms with van der Waals surface area (Å²) < 4.78 is 0. The summed E-state index contributed by atoms with van der Waals surface area (Å²) in [6.45, 7) is 7.18. The van der Waals surface area contributed by atoms with Crippen LogP contribution in [0.5, 0.6) is 0 Å². The Morgan fingerprint density at radius 3 is 2.15 bits per heavy atom. The molecule has 2 saturated heterocycles. The summed E-state index contributed by atoms with van der Waals surface area (Å²) in [5.74, 6) is -0.921. The second-order valence-corrected chi connectivity index (χ2v) is 6.72. The smallest absolute Gasteiger partial charge is 0.309 e. The molecule has 0 aromatic carbocycles.